The van der Waals surface area contributed by atoms with Gasteiger partial charge in [0, 0.05) is 5.92 Å². The molecular weight excluding hydrogens is 194 g/mol. The van der Waals surface area contributed by atoms with Crippen LogP contribution in [0.3, 0.4) is 0 Å². The SMILES string of the molecule is CCCC[C@H](C)C(=O)Nc1nnn(C)n1. The second-order valence-electron chi connectivity index (χ2n) is 3.64. The number of nitrogens with zero attached hydrogens (tertiary/aromatic N) is 4. The van der Waals surface area contributed by atoms with E-state index in [2.05, 4.69) is 27.7 Å². The molecule has 0 aromatic carbocycles. The molecule has 1 aromatic rings. The van der Waals surface area contributed by atoms with Crippen LogP contribution in [0.2, 0.25) is 0 Å². The monoisotopic (exact) mass is 211 g/mol. The lowest BCUT2D eigenvalue weighted by molar-refractivity contribution is -0.119. The third kappa shape index (κ3) is 3.65. The highest BCUT2D eigenvalue weighted by molar-refractivity contribution is 5.90. The number of nitrogens with one attached hydrogen (secondary N) is 1. The summed E-state index contributed by atoms with van der Waals surface area (Å²) < 4.78 is 0. The van der Waals surface area contributed by atoms with Gasteiger partial charge in [-0.05, 0) is 11.6 Å². The Labute approximate surface area is 89.0 Å². The van der Waals surface area contributed by atoms with Crippen LogP contribution in [0.4, 0.5) is 5.95 Å². The average molecular weight is 211 g/mol. The molecule has 84 valence electrons. The molecule has 0 saturated carbocycles. The Balaban J connectivity index is 2.41. The number of rotatable bonds is 5. The molecule has 0 radical (unpaired) electrons. The van der Waals surface area contributed by atoms with E-state index < -0.39 is 0 Å². The quantitative estimate of drug-likeness (QED) is 0.787. The average Bonchev–Trinajstić information content (AvgIpc) is 2.60. The fourth-order valence-corrected chi connectivity index (χ4v) is 1.21. The molecule has 0 unspecified atom stereocenters. The van der Waals surface area contributed by atoms with Crippen LogP contribution in [0.5, 0.6) is 0 Å². The van der Waals surface area contributed by atoms with E-state index >= 15 is 0 Å². The highest BCUT2D eigenvalue weighted by Gasteiger charge is 2.14. The van der Waals surface area contributed by atoms with E-state index in [4.69, 9.17) is 0 Å². The van der Waals surface area contributed by atoms with Gasteiger partial charge >= 0.3 is 0 Å². The standard InChI is InChI=1S/C9H17N5O/c1-4-5-6-7(2)8(15)10-9-11-13-14(3)12-9/h7H,4-6H2,1-3H3,(H,10,12,15)/t7-/m0/s1. The Morgan fingerprint density at radius 3 is 2.87 bits per heavy atom. The molecule has 1 N–H and O–H groups in total. The van der Waals surface area contributed by atoms with Gasteiger partial charge in [-0.15, -0.1) is 5.10 Å². The number of unbranched alkanes of at least 4 members (excludes halogenated alkanes) is 1. The third-order valence-electron chi connectivity index (χ3n) is 2.18. The fraction of sp³-hybridized carbons (Fsp3) is 0.778. The van der Waals surface area contributed by atoms with E-state index in [1.807, 2.05) is 6.92 Å². The smallest absolute Gasteiger partial charge is 0.270 e. The molecule has 15 heavy (non-hydrogen) atoms. The summed E-state index contributed by atoms with van der Waals surface area (Å²) in [4.78, 5) is 12.9. The van der Waals surface area contributed by atoms with Crippen LogP contribution >= 0.6 is 0 Å². The molecule has 6 nitrogen and oxygen atoms in total. The van der Waals surface area contributed by atoms with Crippen LogP contribution in [0.1, 0.15) is 33.1 Å². The molecule has 1 rings (SSSR count). The molecule has 0 aliphatic rings. The number of amides is 1. The van der Waals surface area contributed by atoms with Gasteiger partial charge in [-0.1, -0.05) is 31.8 Å². The Bertz CT molecular complexity index is 322. The number of aryl methyl sites for hydroxylation is 1. The summed E-state index contributed by atoms with van der Waals surface area (Å²) >= 11 is 0. The van der Waals surface area contributed by atoms with Crippen LogP contribution in [0.25, 0.3) is 0 Å². The highest BCUT2D eigenvalue weighted by Crippen LogP contribution is 2.09. The summed E-state index contributed by atoms with van der Waals surface area (Å²) in [6, 6.07) is 0. The van der Waals surface area contributed by atoms with E-state index in [9.17, 15) is 4.79 Å². The minimum Gasteiger partial charge on any atom is -0.292 e. The van der Waals surface area contributed by atoms with Gasteiger partial charge < -0.3 is 0 Å². The molecule has 0 aliphatic carbocycles. The second kappa shape index (κ2) is 5.43. The predicted molar refractivity (Wildman–Crippen MR) is 56.1 cm³/mol. The van der Waals surface area contributed by atoms with Crippen molar-refractivity contribution in [2.75, 3.05) is 5.32 Å². The fourth-order valence-electron chi connectivity index (χ4n) is 1.21. The molecule has 1 aromatic heterocycles. The summed E-state index contributed by atoms with van der Waals surface area (Å²) in [5.41, 5.74) is 0. The number of anilines is 1. The van der Waals surface area contributed by atoms with Crippen LogP contribution in [-0.2, 0) is 11.8 Å². The molecule has 1 amide bonds. The summed E-state index contributed by atoms with van der Waals surface area (Å²) in [5.74, 6) is 0.219. The number of carbonyl (C=O) groups is 1. The van der Waals surface area contributed by atoms with Crippen LogP contribution in [0.15, 0.2) is 0 Å². The number of aromatic nitrogens is 4. The van der Waals surface area contributed by atoms with Crippen molar-refractivity contribution in [2.24, 2.45) is 13.0 Å². The summed E-state index contributed by atoms with van der Waals surface area (Å²) in [5, 5.41) is 13.8. The maximum absolute atomic E-state index is 11.6. The van der Waals surface area contributed by atoms with Gasteiger partial charge in [-0.2, -0.15) is 4.80 Å². The van der Waals surface area contributed by atoms with Crippen molar-refractivity contribution in [3.8, 4) is 0 Å². The molecule has 0 aliphatic heterocycles. The third-order valence-corrected chi connectivity index (χ3v) is 2.18. The minimum absolute atomic E-state index is 0.00578. The molecule has 6 heteroatoms. The lowest BCUT2D eigenvalue weighted by Gasteiger charge is -2.08. The van der Waals surface area contributed by atoms with Crippen molar-refractivity contribution in [3.05, 3.63) is 0 Å². The van der Waals surface area contributed by atoms with Crippen molar-refractivity contribution in [1.82, 2.24) is 20.2 Å². The first-order chi connectivity index (χ1) is 7.13. The topological polar surface area (TPSA) is 72.7 Å². The Hall–Kier alpha value is -1.46. The minimum atomic E-state index is -0.0450. The highest BCUT2D eigenvalue weighted by atomic mass is 16.2. The van der Waals surface area contributed by atoms with Gasteiger partial charge in [0.1, 0.15) is 0 Å². The molecule has 0 spiro atoms. The van der Waals surface area contributed by atoms with E-state index in [1.165, 1.54) is 4.80 Å². The zero-order valence-corrected chi connectivity index (χ0v) is 9.40. The second-order valence-corrected chi connectivity index (χ2v) is 3.64. The molecule has 1 heterocycles. The van der Waals surface area contributed by atoms with Crippen molar-refractivity contribution >= 4 is 11.9 Å². The van der Waals surface area contributed by atoms with Gasteiger partial charge in [-0.3, -0.25) is 10.1 Å². The van der Waals surface area contributed by atoms with Gasteiger partial charge in [0.2, 0.25) is 5.91 Å². The van der Waals surface area contributed by atoms with E-state index in [1.54, 1.807) is 7.05 Å². The lowest BCUT2D eigenvalue weighted by atomic mass is 10.0. The largest absolute Gasteiger partial charge is 0.292 e. The molecule has 0 bridgehead atoms. The van der Waals surface area contributed by atoms with E-state index in [0.717, 1.165) is 19.3 Å². The Morgan fingerprint density at radius 2 is 2.33 bits per heavy atom. The van der Waals surface area contributed by atoms with E-state index in [-0.39, 0.29) is 17.8 Å². The molecule has 0 fully saturated rings. The van der Waals surface area contributed by atoms with Crippen molar-refractivity contribution < 1.29 is 4.79 Å². The van der Waals surface area contributed by atoms with Crippen LogP contribution in [-0.4, -0.2) is 26.1 Å². The van der Waals surface area contributed by atoms with Crippen molar-refractivity contribution in [2.45, 2.75) is 33.1 Å². The van der Waals surface area contributed by atoms with Gasteiger partial charge in [0.15, 0.2) is 0 Å². The van der Waals surface area contributed by atoms with Crippen molar-refractivity contribution in [3.63, 3.8) is 0 Å². The summed E-state index contributed by atoms with van der Waals surface area (Å²) in [6.07, 6.45) is 3.05. The predicted octanol–water partition coefficient (Wildman–Crippen LogP) is 0.975. The van der Waals surface area contributed by atoms with E-state index in [0.29, 0.717) is 0 Å². The Kier molecular flexibility index (Phi) is 4.20. The maximum atomic E-state index is 11.6. The molecule has 1 atom stereocenters. The first kappa shape index (κ1) is 11.6. The molecular formula is C9H17N5O. The van der Waals surface area contributed by atoms with Crippen molar-refractivity contribution in [1.29, 1.82) is 0 Å². The summed E-state index contributed by atoms with van der Waals surface area (Å²) in [7, 11) is 1.66. The number of hydrogen-bond donors (Lipinski definition) is 1. The van der Waals surface area contributed by atoms with Gasteiger partial charge in [-0.25, -0.2) is 0 Å². The normalized spacial score (nSPS) is 12.5. The van der Waals surface area contributed by atoms with Crippen LogP contribution < -0.4 is 5.32 Å². The zero-order chi connectivity index (χ0) is 11.3. The van der Waals surface area contributed by atoms with Gasteiger partial charge in [0.05, 0.1) is 7.05 Å². The summed E-state index contributed by atoms with van der Waals surface area (Å²) in [6.45, 7) is 4.01. The number of carbonyl (C=O) groups excluding carboxylic acids is 1. The zero-order valence-electron chi connectivity index (χ0n) is 9.40. The maximum Gasteiger partial charge on any atom is 0.270 e. The van der Waals surface area contributed by atoms with Crippen LogP contribution in [0, 0.1) is 5.92 Å². The Morgan fingerprint density at radius 1 is 1.60 bits per heavy atom. The lowest BCUT2D eigenvalue weighted by Crippen LogP contribution is -2.21. The first-order valence-electron chi connectivity index (χ1n) is 5.18. The van der Waals surface area contributed by atoms with Gasteiger partial charge in [0.25, 0.3) is 5.95 Å². The number of hydrogen-bond acceptors (Lipinski definition) is 4. The first-order valence-corrected chi connectivity index (χ1v) is 5.18. The number of tetrazole rings is 1. The molecule has 0 saturated heterocycles.